The number of carboxylic acids is 1. The van der Waals surface area contributed by atoms with Crippen molar-refractivity contribution in [3.8, 4) is 5.69 Å². The first-order valence-corrected chi connectivity index (χ1v) is 4.84. The number of benzene rings is 1. The predicted molar refractivity (Wildman–Crippen MR) is 57.7 cm³/mol. The summed E-state index contributed by atoms with van der Waals surface area (Å²) in [5.41, 5.74) is 0.107. The van der Waals surface area contributed by atoms with E-state index in [4.69, 9.17) is 16.7 Å². The monoisotopic (exact) mass is 239 g/mol. The second-order valence-corrected chi connectivity index (χ2v) is 3.55. The molecule has 5 heteroatoms. The Morgan fingerprint density at radius 3 is 2.75 bits per heavy atom. The molecule has 2 aromatic rings. The lowest BCUT2D eigenvalue weighted by Crippen LogP contribution is -2.07. The summed E-state index contributed by atoms with van der Waals surface area (Å²) in [4.78, 5) is 10.9. The first kappa shape index (κ1) is 10.7. The predicted octanol–water partition coefficient (Wildman–Crippen LogP) is 2.97. The first-order chi connectivity index (χ1) is 7.61. The molecular weight excluding hydrogens is 233 g/mol. The Morgan fingerprint density at radius 1 is 1.31 bits per heavy atom. The van der Waals surface area contributed by atoms with Crippen molar-refractivity contribution in [1.29, 1.82) is 0 Å². The van der Waals surface area contributed by atoms with E-state index in [1.165, 1.54) is 35.0 Å². The lowest BCUT2D eigenvalue weighted by molar-refractivity contribution is 0.0688. The zero-order chi connectivity index (χ0) is 11.7. The molecule has 16 heavy (non-hydrogen) atoms. The molecule has 0 fully saturated rings. The number of aromatic carboxylic acids is 1. The van der Waals surface area contributed by atoms with Gasteiger partial charge in [0.2, 0.25) is 0 Å². The van der Waals surface area contributed by atoms with Gasteiger partial charge in [0.1, 0.15) is 5.69 Å². The van der Waals surface area contributed by atoms with Crippen LogP contribution < -0.4 is 0 Å². The van der Waals surface area contributed by atoms with Gasteiger partial charge >= 0.3 is 5.97 Å². The van der Waals surface area contributed by atoms with Crippen LogP contribution in [0.25, 0.3) is 5.69 Å². The molecule has 0 saturated carbocycles. The summed E-state index contributed by atoms with van der Waals surface area (Å²) in [5, 5.41) is 8.86. The average molecular weight is 240 g/mol. The lowest BCUT2D eigenvalue weighted by atomic mass is 10.3. The number of carboxylic acid groups (broad SMARTS) is 1. The molecule has 1 heterocycles. The van der Waals surface area contributed by atoms with Gasteiger partial charge in [-0.15, -0.1) is 0 Å². The highest BCUT2D eigenvalue weighted by Gasteiger charge is 2.14. The van der Waals surface area contributed by atoms with E-state index in [2.05, 4.69) is 0 Å². The van der Waals surface area contributed by atoms with Crippen molar-refractivity contribution in [2.75, 3.05) is 0 Å². The van der Waals surface area contributed by atoms with Crippen molar-refractivity contribution in [1.82, 2.24) is 4.57 Å². The Morgan fingerprint density at radius 2 is 2.06 bits per heavy atom. The quantitative estimate of drug-likeness (QED) is 0.876. The first-order valence-electron chi connectivity index (χ1n) is 4.46. The Hall–Kier alpha value is -1.81. The van der Waals surface area contributed by atoms with Crippen LogP contribution in [0.1, 0.15) is 10.5 Å². The zero-order valence-electron chi connectivity index (χ0n) is 8.02. The molecule has 0 aliphatic rings. The molecule has 0 atom stereocenters. The summed E-state index contributed by atoms with van der Waals surface area (Å²) in [5.74, 6) is -1.76. The SMILES string of the molecule is O=C(O)c1cccn1-c1cccc(Cl)c1F. The molecule has 3 nitrogen and oxygen atoms in total. The van der Waals surface area contributed by atoms with Gasteiger partial charge < -0.3 is 9.67 Å². The number of rotatable bonds is 2. The zero-order valence-corrected chi connectivity index (χ0v) is 8.78. The van der Waals surface area contributed by atoms with E-state index < -0.39 is 11.8 Å². The third-order valence-electron chi connectivity index (χ3n) is 2.16. The van der Waals surface area contributed by atoms with Crippen molar-refractivity contribution in [2.45, 2.75) is 0 Å². The van der Waals surface area contributed by atoms with E-state index in [0.29, 0.717) is 0 Å². The molecule has 0 radical (unpaired) electrons. The fourth-order valence-corrected chi connectivity index (χ4v) is 1.61. The van der Waals surface area contributed by atoms with Crippen LogP contribution in [0.5, 0.6) is 0 Å². The van der Waals surface area contributed by atoms with Gasteiger partial charge in [0.25, 0.3) is 0 Å². The lowest BCUT2D eigenvalue weighted by Gasteiger charge is -2.08. The van der Waals surface area contributed by atoms with Gasteiger partial charge in [0.15, 0.2) is 5.82 Å². The van der Waals surface area contributed by atoms with Gasteiger partial charge in [0.05, 0.1) is 10.7 Å². The van der Waals surface area contributed by atoms with Crippen LogP contribution in [-0.2, 0) is 0 Å². The van der Waals surface area contributed by atoms with Crippen molar-refractivity contribution in [3.63, 3.8) is 0 Å². The van der Waals surface area contributed by atoms with Crippen molar-refractivity contribution in [2.24, 2.45) is 0 Å². The van der Waals surface area contributed by atoms with Crippen LogP contribution in [0, 0.1) is 5.82 Å². The highest BCUT2D eigenvalue weighted by atomic mass is 35.5. The molecule has 0 saturated heterocycles. The van der Waals surface area contributed by atoms with Crippen molar-refractivity contribution >= 4 is 17.6 Å². The van der Waals surface area contributed by atoms with E-state index >= 15 is 0 Å². The standard InChI is InChI=1S/C11H7ClFNO2/c12-7-3-1-4-8(10(7)13)14-6-2-5-9(14)11(15)16/h1-6H,(H,15,16). The van der Waals surface area contributed by atoms with E-state index in [9.17, 15) is 9.18 Å². The number of aromatic nitrogens is 1. The third kappa shape index (κ3) is 1.67. The van der Waals surface area contributed by atoms with E-state index in [1.807, 2.05) is 0 Å². The fraction of sp³-hybridized carbons (Fsp3) is 0. The van der Waals surface area contributed by atoms with Gasteiger partial charge in [-0.05, 0) is 24.3 Å². The maximum atomic E-state index is 13.7. The molecule has 0 aliphatic heterocycles. The molecule has 1 aromatic heterocycles. The Bertz CT molecular complexity index is 551. The summed E-state index contributed by atoms with van der Waals surface area (Å²) >= 11 is 5.63. The molecule has 1 aromatic carbocycles. The minimum absolute atomic E-state index is 0.0128. The van der Waals surface area contributed by atoms with Crippen LogP contribution in [0.3, 0.4) is 0 Å². The molecule has 0 spiro atoms. The van der Waals surface area contributed by atoms with Crippen LogP contribution in [-0.4, -0.2) is 15.6 Å². The number of halogens is 2. The maximum absolute atomic E-state index is 13.7. The summed E-state index contributed by atoms with van der Waals surface area (Å²) in [6.45, 7) is 0. The molecule has 0 bridgehead atoms. The number of hydrogen-bond donors (Lipinski definition) is 1. The molecule has 0 amide bonds. The summed E-state index contributed by atoms with van der Waals surface area (Å²) in [6, 6.07) is 7.36. The Balaban J connectivity index is 2.63. The normalized spacial score (nSPS) is 10.4. The topological polar surface area (TPSA) is 42.2 Å². The summed E-state index contributed by atoms with van der Waals surface area (Å²) in [7, 11) is 0. The number of hydrogen-bond acceptors (Lipinski definition) is 1. The van der Waals surface area contributed by atoms with E-state index in [0.717, 1.165) is 0 Å². The molecular formula is C11H7ClFNO2. The van der Waals surface area contributed by atoms with Crippen LogP contribution >= 0.6 is 11.6 Å². The van der Waals surface area contributed by atoms with E-state index in [-0.39, 0.29) is 16.4 Å². The fourth-order valence-electron chi connectivity index (χ4n) is 1.44. The molecule has 0 unspecified atom stereocenters. The minimum Gasteiger partial charge on any atom is -0.477 e. The van der Waals surface area contributed by atoms with Crippen LogP contribution in [0.15, 0.2) is 36.5 Å². The average Bonchev–Trinajstić information content (AvgIpc) is 2.70. The van der Waals surface area contributed by atoms with Crippen molar-refractivity contribution < 1.29 is 14.3 Å². The summed E-state index contributed by atoms with van der Waals surface area (Å²) < 4.78 is 14.9. The van der Waals surface area contributed by atoms with Crippen molar-refractivity contribution in [3.05, 3.63) is 53.1 Å². The maximum Gasteiger partial charge on any atom is 0.352 e. The Kier molecular flexibility index (Phi) is 2.66. The minimum atomic E-state index is -1.12. The third-order valence-corrected chi connectivity index (χ3v) is 2.45. The van der Waals surface area contributed by atoms with Gasteiger partial charge in [0, 0.05) is 6.20 Å². The smallest absolute Gasteiger partial charge is 0.352 e. The Labute approximate surface area is 95.7 Å². The highest BCUT2D eigenvalue weighted by Crippen LogP contribution is 2.22. The molecule has 2 rings (SSSR count). The van der Waals surface area contributed by atoms with Gasteiger partial charge in [-0.1, -0.05) is 17.7 Å². The summed E-state index contributed by atoms with van der Waals surface area (Å²) in [6.07, 6.45) is 1.47. The largest absolute Gasteiger partial charge is 0.477 e. The second-order valence-electron chi connectivity index (χ2n) is 3.14. The van der Waals surface area contributed by atoms with Gasteiger partial charge in [-0.25, -0.2) is 9.18 Å². The number of carbonyl (C=O) groups is 1. The van der Waals surface area contributed by atoms with Gasteiger partial charge in [-0.3, -0.25) is 0 Å². The second kappa shape index (κ2) is 3.98. The highest BCUT2D eigenvalue weighted by molar-refractivity contribution is 6.30. The van der Waals surface area contributed by atoms with E-state index in [1.54, 1.807) is 6.07 Å². The molecule has 1 N–H and O–H groups in total. The molecule has 0 aliphatic carbocycles. The number of nitrogens with zero attached hydrogens (tertiary/aromatic N) is 1. The molecule has 82 valence electrons. The van der Waals surface area contributed by atoms with Crippen LogP contribution in [0.4, 0.5) is 4.39 Å². The van der Waals surface area contributed by atoms with Gasteiger partial charge in [-0.2, -0.15) is 0 Å². The van der Waals surface area contributed by atoms with Crippen LogP contribution in [0.2, 0.25) is 5.02 Å².